The molecule has 0 aliphatic heterocycles. The molecule has 0 aliphatic carbocycles. The Labute approximate surface area is 126 Å². The molecule has 0 unspecified atom stereocenters. The molecule has 0 saturated carbocycles. The SMILES string of the molecule is Cc1cc(C)cc(OCC(=O)Nc2sccc2C(=O)O)c1. The van der Waals surface area contributed by atoms with Gasteiger partial charge in [-0.3, -0.25) is 4.79 Å². The number of nitrogens with one attached hydrogen (secondary N) is 1. The number of hydrogen-bond acceptors (Lipinski definition) is 4. The molecule has 0 aliphatic rings. The lowest BCUT2D eigenvalue weighted by atomic mass is 10.1. The van der Waals surface area contributed by atoms with Gasteiger partial charge in [0.05, 0.1) is 5.56 Å². The number of carboxylic acids is 1. The summed E-state index contributed by atoms with van der Waals surface area (Å²) in [6.45, 7) is 3.73. The van der Waals surface area contributed by atoms with E-state index >= 15 is 0 Å². The third-order valence-electron chi connectivity index (χ3n) is 2.71. The van der Waals surface area contributed by atoms with Crippen LogP contribution in [0, 0.1) is 13.8 Å². The number of carboxylic acid groups (broad SMARTS) is 1. The number of ether oxygens (including phenoxy) is 1. The topological polar surface area (TPSA) is 75.6 Å². The predicted molar refractivity (Wildman–Crippen MR) is 81.3 cm³/mol. The summed E-state index contributed by atoms with van der Waals surface area (Å²) in [7, 11) is 0. The number of carbonyl (C=O) groups excluding carboxylic acids is 1. The van der Waals surface area contributed by atoms with Crippen molar-refractivity contribution >= 4 is 28.2 Å². The van der Waals surface area contributed by atoms with Crippen molar-refractivity contribution in [3.05, 3.63) is 46.3 Å². The highest BCUT2D eigenvalue weighted by Gasteiger charge is 2.14. The van der Waals surface area contributed by atoms with Crippen LogP contribution in [0.4, 0.5) is 5.00 Å². The molecular weight excluding hydrogens is 290 g/mol. The van der Waals surface area contributed by atoms with Crippen LogP contribution in [0.15, 0.2) is 29.6 Å². The summed E-state index contributed by atoms with van der Waals surface area (Å²) in [6, 6.07) is 7.15. The van der Waals surface area contributed by atoms with E-state index in [2.05, 4.69) is 5.32 Å². The van der Waals surface area contributed by atoms with Gasteiger partial charge in [0.2, 0.25) is 0 Å². The molecule has 1 aromatic heterocycles. The molecule has 1 aromatic carbocycles. The lowest BCUT2D eigenvalue weighted by Gasteiger charge is -2.08. The number of aryl methyl sites for hydroxylation is 2. The van der Waals surface area contributed by atoms with Crippen LogP contribution in [-0.4, -0.2) is 23.6 Å². The summed E-state index contributed by atoms with van der Waals surface area (Å²) in [5.41, 5.74) is 2.19. The maximum Gasteiger partial charge on any atom is 0.338 e. The highest BCUT2D eigenvalue weighted by atomic mass is 32.1. The van der Waals surface area contributed by atoms with Crippen molar-refractivity contribution < 1.29 is 19.4 Å². The molecule has 2 rings (SSSR count). The molecule has 6 heteroatoms. The van der Waals surface area contributed by atoms with Gasteiger partial charge in [0, 0.05) is 0 Å². The van der Waals surface area contributed by atoms with Gasteiger partial charge >= 0.3 is 5.97 Å². The maximum atomic E-state index is 11.8. The van der Waals surface area contributed by atoms with Crippen LogP contribution >= 0.6 is 11.3 Å². The Hall–Kier alpha value is -2.34. The Bertz CT molecular complexity index is 658. The minimum Gasteiger partial charge on any atom is -0.484 e. The number of anilines is 1. The second-order valence-electron chi connectivity index (χ2n) is 4.63. The molecule has 1 heterocycles. The van der Waals surface area contributed by atoms with Gasteiger partial charge in [-0.1, -0.05) is 6.07 Å². The number of hydrogen-bond donors (Lipinski definition) is 2. The van der Waals surface area contributed by atoms with E-state index in [9.17, 15) is 9.59 Å². The third-order valence-corrected chi connectivity index (χ3v) is 3.54. The van der Waals surface area contributed by atoms with Gasteiger partial charge in [-0.25, -0.2) is 4.79 Å². The molecular formula is C15H15NO4S. The van der Waals surface area contributed by atoms with Crippen LogP contribution in [0.1, 0.15) is 21.5 Å². The normalized spacial score (nSPS) is 10.2. The summed E-state index contributed by atoms with van der Waals surface area (Å²) in [6.07, 6.45) is 0. The van der Waals surface area contributed by atoms with Gasteiger partial charge in [-0.2, -0.15) is 0 Å². The van der Waals surface area contributed by atoms with E-state index in [0.29, 0.717) is 10.8 Å². The molecule has 5 nitrogen and oxygen atoms in total. The van der Waals surface area contributed by atoms with E-state index in [4.69, 9.17) is 9.84 Å². The van der Waals surface area contributed by atoms with Gasteiger partial charge in [0.25, 0.3) is 5.91 Å². The molecule has 0 bridgehead atoms. The smallest absolute Gasteiger partial charge is 0.338 e. The van der Waals surface area contributed by atoms with Crippen LogP contribution < -0.4 is 10.1 Å². The fraction of sp³-hybridized carbons (Fsp3) is 0.200. The van der Waals surface area contributed by atoms with Gasteiger partial charge in [0.1, 0.15) is 10.8 Å². The van der Waals surface area contributed by atoms with Gasteiger partial charge in [-0.05, 0) is 48.6 Å². The zero-order valence-corrected chi connectivity index (χ0v) is 12.5. The molecule has 21 heavy (non-hydrogen) atoms. The van der Waals surface area contributed by atoms with Crippen LogP contribution in [-0.2, 0) is 4.79 Å². The first-order valence-corrected chi connectivity index (χ1v) is 7.15. The number of carbonyl (C=O) groups is 2. The Balaban J connectivity index is 1.96. The summed E-state index contributed by atoms with van der Waals surface area (Å²) in [5.74, 6) is -0.840. The Kier molecular flexibility index (Phi) is 4.59. The minimum atomic E-state index is -1.07. The predicted octanol–water partition coefficient (Wildman–Crippen LogP) is 3.08. The average molecular weight is 305 g/mol. The minimum absolute atomic E-state index is 0.0831. The molecule has 0 radical (unpaired) electrons. The first-order chi connectivity index (χ1) is 9.95. The lowest BCUT2D eigenvalue weighted by molar-refractivity contribution is -0.118. The largest absolute Gasteiger partial charge is 0.484 e. The van der Waals surface area contributed by atoms with Crippen molar-refractivity contribution in [2.45, 2.75) is 13.8 Å². The Morgan fingerprint density at radius 2 is 1.90 bits per heavy atom. The van der Waals surface area contributed by atoms with Gasteiger partial charge in [-0.15, -0.1) is 11.3 Å². The van der Waals surface area contributed by atoms with E-state index in [1.165, 1.54) is 6.07 Å². The highest BCUT2D eigenvalue weighted by Crippen LogP contribution is 2.23. The first kappa shape index (κ1) is 15.1. The zero-order chi connectivity index (χ0) is 15.4. The average Bonchev–Trinajstić information content (AvgIpc) is 2.83. The molecule has 2 aromatic rings. The van der Waals surface area contributed by atoms with Crippen molar-refractivity contribution in [2.24, 2.45) is 0 Å². The highest BCUT2D eigenvalue weighted by molar-refractivity contribution is 7.14. The van der Waals surface area contributed by atoms with Crippen molar-refractivity contribution in [3.63, 3.8) is 0 Å². The van der Waals surface area contributed by atoms with Crippen LogP contribution in [0.5, 0.6) is 5.75 Å². The van der Waals surface area contributed by atoms with E-state index < -0.39 is 5.97 Å². The summed E-state index contributed by atoms with van der Waals surface area (Å²) >= 11 is 1.16. The summed E-state index contributed by atoms with van der Waals surface area (Å²) in [4.78, 5) is 22.7. The summed E-state index contributed by atoms with van der Waals surface area (Å²) < 4.78 is 5.42. The second-order valence-corrected chi connectivity index (χ2v) is 5.54. The lowest BCUT2D eigenvalue weighted by Crippen LogP contribution is -2.20. The molecule has 0 saturated heterocycles. The van der Waals surface area contributed by atoms with Crippen LogP contribution in [0.3, 0.4) is 0 Å². The monoisotopic (exact) mass is 305 g/mol. The second kappa shape index (κ2) is 6.41. The maximum absolute atomic E-state index is 11.8. The Morgan fingerprint density at radius 3 is 2.52 bits per heavy atom. The molecule has 0 spiro atoms. The van der Waals surface area contributed by atoms with Crippen LogP contribution in [0.2, 0.25) is 0 Å². The molecule has 1 amide bonds. The Morgan fingerprint density at radius 1 is 1.24 bits per heavy atom. The number of amides is 1. The van der Waals surface area contributed by atoms with E-state index in [0.717, 1.165) is 22.5 Å². The third kappa shape index (κ3) is 4.06. The first-order valence-electron chi connectivity index (χ1n) is 6.27. The molecule has 2 N–H and O–H groups in total. The summed E-state index contributed by atoms with van der Waals surface area (Å²) in [5, 5.41) is 13.4. The number of aromatic carboxylic acids is 1. The number of thiophene rings is 1. The molecule has 110 valence electrons. The molecule has 0 fully saturated rings. The number of rotatable bonds is 5. The fourth-order valence-corrected chi connectivity index (χ4v) is 2.70. The van der Waals surface area contributed by atoms with Gasteiger partial charge in [0.15, 0.2) is 6.61 Å². The quantitative estimate of drug-likeness (QED) is 0.890. The van der Waals surface area contributed by atoms with Crippen LogP contribution in [0.25, 0.3) is 0 Å². The van der Waals surface area contributed by atoms with Crippen molar-refractivity contribution in [1.29, 1.82) is 0 Å². The standard InChI is InChI=1S/C15H15NO4S/c1-9-5-10(2)7-11(6-9)20-8-13(17)16-14-12(15(18)19)3-4-21-14/h3-7H,8H2,1-2H3,(H,16,17)(H,18,19). The van der Waals surface area contributed by atoms with Crippen molar-refractivity contribution in [3.8, 4) is 5.75 Å². The molecule has 0 atom stereocenters. The van der Waals surface area contributed by atoms with E-state index in [1.807, 2.05) is 32.0 Å². The zero-order valence-electron chi connectivity index (χ0n) is 11.7. The van der Waals surface area contributed by atoms with E-state index in [-0.39, 0.29) is 18.1 Å². The van der Waals surface area contributed by atoms with E-state index in [1.54, 1.807) is 5.38 Å². The van der Waals surface area contributed by atoms with Crippen molar-refractivity contribution in [1.82, 2.24) is 0 Å². The van der Waals surface area contributed by atoms with Gasteiger partial charge < -0.3 is 15.2 Å². The fourth-order valence-electron chi connectivity index (χ4n) is 1.90. The van der Waals surface area contributed by atoms with Crippen molar-refractivity contribution in [2.75, 3.05) is 11.9 Å². The number of benzene rings is 1.